The van der Waals surface area contributed by atoms with Gasteiger partial charge in [-0.2, -0.15) is 0 Å². The maximum absolute atomic E-state index is 13.1. The Morgan fingerprint density at radius 3 is 2.69 bits per heavy atom. The lowest BCUT2D eigenvalue weighted by atomic mass is 10.1. The highest BCUT2D eigenvalue weighted by Gasteiger charge is 2.20. The van der Waals surface area contributed by atoms with Gasteiger partial charge in [-0.05, 0) is 50.1 Å². The fourth-order valence-corrected chi connectivity index (χ4v) is 3.55. The van der Waals surface area contributed by atoms with Crippen molar-refractivity contribution in [2.45, 2.75) is 39.4 Å². The molecule has 2 heterocycles. The molecule has 170 valence electrons. The number of aliphatic hydroxyl groups excluding tert-OH is 2. The van der Waals surface area contributed by atoms with Gasteiger partial charge in [-0.1, -0.05) is 23.7 Å². The Kier molecular flexibility index (Phi) is 7.84. The molecule has 0 fully saturated rings. The van der Waals surface area contributed by atoms with Crippen LogP contribution in [0.1, 0.15) is 41.5 Å². The molecule has 0 bridgehead atoms. The molecule has 0 aliphatic rings. The van der Waals surface area contributed by atoms with Crippen molar-refractivity contribution in [1.29, 1.82) is 0 Å². The summed E-state index contributed by atoms with van der Waals surface area (Å²) in [4.78, 5) is 21.9. The zero-order chi connectivity index (χ0) is 23.3. The third-order valence-corrected chi connectivity index (χ3v) is 5.34. The van der Waals surface area contributed by atoms with Crippen LogP contribution in [0.3, 0.4) is 0 Å². The SMILES string of the molecule is CCn1cc(-c2nc(N[C@@H](C)CO)ncc2C)cc1C(=O)N[C@H](CO)c1cccc(Cl)c1. The first-order valence-electron chi connectivity index (χ1n) is 10.4. The Morgan fingerprint density at radius 1 is 1.25 bits per heavy atom. The number of hydrogen-bond donors (Lipinski definition) is 4. The van der Waals surface area contributed by atoms with E-state index in [1.54, 1.807) is 30.5 Å². The van der Waals surface area contributed by atoms with E-state index >= 15 is 0 Å². The van der Waals surface area contributed by atoms with Gasteiger partial charge in [0, 0.05) is 35.6 Å². The quantitative estimate of drug-likeness (QED) is 0.392. The molecule has 0 saturated carbocycles. The van der Waals surface area contributed by atoms with Crippen LogP contribution in [-0.2, 0) is 6.54 Å². The van der Waals surface area contributed by atoms with Gasteiger partial charge in [-0.25, -0.2) is 9.97 Å². The van der Waals surface area contributed by atoms with Gasteiger partial charge in [0.25, 0.3) is 5.91 Å². The second kappa shape index (κ2) is 10.6. The largest absolute Gasteiger partial charge is 0.394 e. The van der Waals surface area contributed by atoms with Crippen molar-refractivity contribution >= 4 is 23.5 Å². The zero-order valence-corrected chi connectivity index (χ0v) is 19.1. The molecule has 9 heteroatoms. The number of amides is 1. The van der Waals surface area contributed by atoms with Gasteiger partial charge in [0.2, 0.25) is 5.95 Å². The smallest absolute Gasteiger partial charge is 0.268 e. The highest BCUT2D eigenvalue weighted by Crippen LogP contribution is 2.25. The molecule has 0 spiro atoms. The Hall–Kier alpha value is -2.94. The topological polar surface area (TPSA) is 112 Å². The summed E-state index contributed by atoms with van der Waals surface area (Å²) >= 11 is 6.06. The van der Waals surface area contributed by atoms with Crippen molar-refractivity contribution < 1.29 is 15.0 Å². The molecule has 1 aromatic carbocycles. The van der Waals surface area contributed by atoms with E-state index in [0.717, 1.165) is 16.7 Å². The van der Waals surface area contributed by atoms with Crippen LogP contribution in [-0.4, -0.2) is 49.9 Å². The van der Waals surface area contributed by atoms with Crippen LogP contribution in [0.5, 0.6) is 0 Å². The number of carbonyl (C=O) groups excluding carboxylic acids is 1. The molecular formula is C23H28ClN5O3. The van der Waals surface area contributed by atoms with Crippen LogP contribution in [0.25, 0.3) is 11.3 Å². The van der Waals surface area contributed by atoms with E-state index in [0.29, 0.717) is 28.9 Å². The third kappa shape index (κ3) is 5.45. The lowest BCUT2D eigenvalue weighted by Gasteiger charge is -2.17. The van der Waals surface area contributed by atoms with Crippen molar-refractivity contribution in [1.82, 2.24) is 19.9 Å². The van der Waals surface area contributed by atoms with Crippen LogP contribution < -0.4 is 10.6 Å². The summed E-state index contributed by atoms with van der Waals surface area (Å²) in [5, 5.41) is 25.6. The molecule has 2 aromatic heterocycles. The van der Waals surface area contributed by atoms with Crippen molar-refractivity contribution in [3.05, 3.63) is 64.6 Å². The Balaban J connectivity index is 1.89. The molecule has 32 heavy (non-hydrogen) atoms. The number of anilines is 1. The highest BCUT2D eigenvalue weighted by atomic mass is 35.5. The molecule has 3 rings (SSSR count). The third-order valence-electron chi connectivity index (χ3n) is 5.10. The maximum Gasteiger partial charge on any atom is 0.268 e. The first kappa shape index (κ1) is 23.7. The summed E-state index contributed by atoms with van der Waals surface area (Å²) in [5.74, 6) is 0.0970. The van der Waals surface area contributed by atoms with Gasteiger partial charge in [0.05, 0.1) is 24.9 Å². The number of aryl methyl sites for hydroxylation is 2. The molecule has 1 amide bonds. The van der Waals surface area contributed by atoms with Crippen LogP contribution in [0.15, 0.2) is 42.7 Å². The van der Waals surface area contributed by atoms with Gasteiger partial charge < -0.3 is 25.4 Å². The summed E-state index contributed by atoms with van der Waals surface area (Å²) in [6, 6.07) is 8.06. The monoisotopic (exact) mass is 457 g/mol. The van der Waals surface area contributed by atoms with Crippen molar-refractivity contribution in [3.63, 3.8) is 0 Å². The minimum absolute atomic E-state index is 0.0399. The van der Waals surface area contributed by atoms with Crippen LogP contribution in [0.2, 0.25) is 5.02 Å². The Morgan fingerprint density at radius 2 is 2.03 bits per heavy atom. The van der Waals surface area contributed by atoms with E-state index in [2.05, 4.69) is 20.6 Å². The van der Waals surface area contributed by atoms with Crippen LogP contribution in [0, 0.1) is 6.92 Å². The number of nitrogens with zero attached hydrogens (tertiary/aromatic N) is 3. The van der Waals surface area contributed by atoms with E-state index in [4.69, 9.17) is 11.6 Å². The molecule has 3 aromatic rings. The first-order valence-corrected chi connectivity index (χ1v) is 10.8. The van der Waals surface area contributed by atoms with Crippen molar-refractivity contribution in [2.24, 2.45) is 0 Å². The van der Waals surface area contributed by atoms with E-state index in [1.807, 2.05) is 37.6 Å². The number of benzene rings is 1. The number of nitrogens with one attached hydrogen (secondary N) is 2. The second-order valence-corrected chi connectivity index (χ2v) is 8.05. The van der Waals surface area contributed by atoms with E-state index in [1.165, 1.54) is 0 Å². The second-order valence-electron chi connectivity index (χ2n) is 7.62. The van der Waals surface area contributed by atoms with Crippen LogP contribution in [0.4, 0.5) is 5.95 Å². The number of rotatable bonds is 9. The summed E-state index contributed by atoms with van der Waals surface area (Å²) in [6.07, 6.45) is 3.58. The standard InChI is InChI=1S/C23H28ClN5O3/c1-4-29-11-17(21-14(2)10-25-23(28-21)26-15(3)12-30)9-20(29)22(32)27-19(13-31)16-6-5-7-18(24)8-16/h5-11,15,19,30-31H,4,12-13H2,1-3H3,(H,27,32)(H,25,26,28)/t15-,19+/m0/s1. The molecule has 0 aliphatic heterocycles. The van der Waals surface area contributed by atoms with Crippen molar-refractivity contribution in [3.8, 4) is 11.3 Å². The minimum Gasteiger partial charge on any atom is -0.394 e. The summed E-state index contributed by atoms with van der Waals surface area (Å²) in [6.45, 7) is 5.97. The van der Waals surface area contributed by atoms with Gasteiger partial charge in [-0.3, -0.25) is 4.79 Å². The predicted octanol–water partition coefficient (Wildman–Crippen LogP) is 3.18. The fourth-order valence-electron chi connectivity index (χ4n) is 3.35. The lowest BCUT2D eigenvalue weighted by Crippen LogP contribution is -2.32. The molecule has 8 nitrogen and oxygen atoms in total. The van der Waals surface area contributed by atoms with Gasteiger partial charge in [-0.15, -0.1) is 0 Å². The molecular weight excluding hydrogens is 430 g/mol. The van der Waals surface area contributed by atoms with Gasteiger partial charge >= 0.3 is 0 Å². The van der Waals surface area contributed by atoms with E-state index in [-0.39, 0.29) is 25.2 Å². The average Bonchev–Trinajstić information content (AvgIpc) is 3.23. The van der Waals surface area contributed by atoms with Crippen LogP contribution >= 0.6 is 11.6 Å². The molecule has 4 N–H and O–H groups in total. The first-order chi connectivity index (χ1) is 15.4. The van der Waals surface area contributed by atoms with Crippen molar-refractivity contribution in [2.75, 3.05) is 18.5 Å². The fraction of sp³-hybridized carbons (Fsp3) is 0.348. The number of aromatic nitrogens is 3. The number of carbonyl (C=O) groups is 1. The Bertz CT molecular complexity index is 1090. The van der Waals surface area contributed by atoms with Gasteiger partial charge in [0.1, 0.15) is 5.69 Å². The van der Waals surface area contributed by atoms with E-state index < -0.39 is 6.04 Å². The number of halogens is 1. The molecule has 0 unspecified atom stereocenters. The molecule has 0 radical (unpaired) electrons. The number of aliphatic hydroxyl groups is 2. The highest BCUT2D eigenvalue weighted by molar-refractivity contribution is 6.30. The maximum atomic E-state index is 13.1. The molecule has 0 saturated heterocycles. The Labute approximate surface area is 192 Å². The predicted molar refractivity (Wildman–Crippen MR) is 125 cm³/mol. The summed E-state index contributed by atoms with van der Waals surface area (Å²) < 4.78 is 1.84. The zero-order valence-electron chi connectivity index (χ0n) is 18.3. The molecule has 0 aliphatic carbocycles. The summed E-state index contributed by atoms with van der Waals surface area (Å²) in [7, 11) is 0. The van der Waals surface area contributed by atoms with E-state index in [9.17, 15) is 15.0 Å². The number of hydrogen-bond acceptors (Lipinski definition) is 6. The average molecular weight is 458 g/mol. The molecule has 2 atom stereocenters. The lowest BCUT2D eigenvalue weighted by molar-refractivity contribution is 0.0907. The normalized spacial score (nSPS) is 12.9. The summed E-state index contributed by atoms with van der Waals surface area (Å²) in [5.41, 5.74) is 3.52. The van der Waals surface area contributed by atoms with Gasteiger partial charge in [0.15, 0.2) is 0 Å². The minimum atomic E-state index is -0.582.